The highest BCUT2D eigenvalue weighted by atomic mass is 35.7. The molecule has 2 aromatic carbocycles. The largest absolute Gasteiger partial charge is 0.454 e. The molecule has 0 fully saturated rings. The molecule has 100 valence electrons. The van der Waals surface area contributed by atoms with Crippen molar-refractivity contribution in [1.82, 2.24) is 0 Å². The van der Waals surface area contributed by atoms with Crippen LogP contribution >= 0.6 is 33.9 Å². The Morgan fingerprint density at radius 2 is 1.53 bits per heavy atom. The van der Waals surface area contributed by atoms with E-state index in [1.807, 2.05) is 0 Å². The molecule has 0 N–H and O–H groups in total. The number of hydrogen-bond donors (Lipinski definition) is 0. The van der Waals surface area contributed by atoms with Crippen LogP contribution in [0.5, 0.6) is 11.5 Å². The van der Waals surface area contributed by atoms with Crippen LogP contribution in [-0.4, -0.2) is 8.42 Å². The van der Waals surface area contributed by atoms with Crippen LogP contribution in [0.25, 0.3) is 0 Å². The molecule has 0 aliphatic carbocycles. The molecular weight excluding hydrogens is 331 g/mol. The molecule has 0 saturated carbocycles. The number of halogens is 3. The Kier molecular flexibility index (Phi) is 4.26. The Morgan fingerprint density at radius 1 is 0.895 bits per heavy atom. The summed E-state index contributed by atoms with van der Waals surface area (Å²) >= 11 is 11.8. The lowest BCUT2D eigenvalue weighted by atomic mass is 10.3. The first-order valence-corrected chi connectivity index (χ1v) is 8.11. The lowest BCUT2D eigenvalue weighted by Crippen LogP contribution is -1.95. The predicted octanol–water partition coefficient (Wildman–Crippen LogP) is 4.71. The molecule has 0 heterocycles. The van der Waals surface area contributed by atoms with Gasteiger partial charge in [-0.2, -0.15) is 0 Å². The first-order chi connectivity index (χ1) is 8.89. The monoisotopic (exact) mass is 336 g/mol. The number of rotatable bonds is 3. The smallest absolute Gasteiger partial charge is 0.265 e. The minimum atomic E-state index is -3.91. The minimum absolute atomic E-state index is 0.0849. The molecule has 0 radical (unpaired) electrons. The van der Waals surface area contributed by atoms with Gasteiger partial charge in [-0.3, -0.25) is 0 Å². The van der Waals surface area contributed by atoms with Crippen LogP contribution in [0.1, 0.15) is 0 Å². The second kappa shape index (κ2) is 5.59. The second-order valence-corrected chi connectivity index (χ2v) is 6.86. The fourth-order valence-electron chi connectivity index (χ4n) is 1.42. The van der Waals surface area contributed by atoms with Crippen molar-refractivity contribution in [1.29, 1.82) is 0 Å². The van der Waals surface area contributed by atoms with E-state index in [0.717, 1.165) is 0 Å². The van der Waals surface area contributed by atoms with E-state index < -0.39 is 9.05 Å². The maximum atomic E-state index is 11.4. The summed E-state index contributed by atoms with van der Waals surface area (Å²) in [5.41, 5.74) is 0. The Bertz CT molecular complexity index is 714. The van der Waals surface area contributed by atoms with Gasteiger partial charge in [0, 0.05) is 10.7 Å². The minimum Gasteiger partial charge on any atom is -0.454 e. The van der Waals surface area contributed by atoms with Gasteiger partial charge >= 0.3 is 0 Å². The quantitative estimate of drug-likeness (QED) is 0.762. The van der Waals surface area contributed by atoms with Gasteiger partial charge in [-0.15, -0.1) is 0 Å². The third-order valence-corrected chi connectivity index (χ3v) is 4.41. The molecule has 0 aliphatic rings. The van der Waals surface area contributed by atoms with Crippen LogP contribution in [0.2, 0.25) is 10.0 Å². The molecule has 0 amide bonds. The topological polar surface area (TPSA) is 43.4 Å². The SMILES string of the molecule is O=S(=O)(Cl)c1ccccc1Oc1cccc(Cl)c1Cl. The molecule has 0 spiro atoms. The van der Waals surface area contributed by atoms with Crippen LogP contribution in [-0.2, 0) is 9.05 Å². The van der Waals surface area contributed by atoms with Crippen molar-refractivity contribution < 1.29 is 13.2 Å². The normalized spacial score (nSPS) is 11.3. The van der Waals surface area contributed by atoms with Gasteiger partial charge in [0.1, 0.15) is 21.4 Å². The van der Waals surface area contributed by atoms with Gasteiger partial charge in [0.05, 0.1) is 5.02 Å². The Balaban J connectivity index is 2.48. The molecule has 3 nitrogen and oxygen atoms in total. The summed E-state index contributed by atoms with van der Waals surface area (Å²) in [6.45, 7) is 0. The zero-order valence-corrected chi connectivity index (χ0v) is 12.4. The van der Waals surface area contributed by atoms with Gasteiger partial charge in [0.2, 0.25) is 0 Å². The van der Waals surface area contributed by atoms with E-state index in [-0.39, 0.29) is 21.4 Å². The lowest BCUT2D eigenvalue weighted by Gasteiger charge is -2.10. The molecular formula is C12H7Cl3O3S. The summed E-state index contributed by atoms with van der Waals surface area (Å²) in [6, 6.07) is 10.8. The number of benzene rings is 2. The molecule has 0 saturated heterocycles. The van der Waals surface area contributed by atoms with Crippen LogP contribution in [0.15, 0.2) is 47.4 Å². The molecule has 19 heavy (non-hydrogen) atoms. The highest BCUT2D eigenvalue weighted by Gasteiger charge is 2.17. The van der Waals surface area contributed by atoms with Gasteiger partial charge in [-0.05, 0) is 24.3 Å². The van der Waals surface area contributed by atoms with Gasteiger partial charge in [0.25, 0.3) is 9.05 Å². The Hall–Kier alpha value is -0.940. The summed E-state index contributed by atoms with van der Waals surface area (Å²) in [6.07, 6.45) is 0. The standard InChI is InChI=1S/C12H7Cl3O3S/c13-8-4-3-6-10(12(8)14)18-9-5-1-2-7-11(9)19(15,16)17/h1-7H. The van der Waals surface area contributed by atoms with Crippen LogP contribution in [0.4, 0.5) is 0 Å². The molecule has 7 heteroatoms. The summed E-state index contributed by atoms with van der Waals surface area (Å²) in [5.74, 6) is 0.337. The number of para-hydroxylation sites is 1. The second-order valence-electron chi connectivity index (χ2n) is 3.54. The van der Waals surface area contributed by atoms with E-state index in [9.17, 15) is 8.42 Å². The molecule has 2 aromatic rings. The predicted molar refractivity (Wildman–Crippen MR) is 76.0 cm³/mol. The summed E-state index contributed by atoms with van der Waals surface area (Å²) in [4.78, 5) is -0.132. The van der Waals surface area contributed by atoms with Crippen molar-refractivity contribution in [2.24, 2.45) is 0 Å². The third-order valence-electron chi connectivity index (χ3n) is 2.25. The lowest BCUT2D eigenvalue weighted by molar-refractivity contribution is 0.468. The van der Waals surface area contributed by atoms with E-state index in [1.54, 1.807) is 30.3 Å². The molecule has 0 atom stereocenters. The fourth-order valence-corrected chi connectivity index (χ4v) is 2.72. The van der Waals surface area contributed by atoms with Gasteiger partial charge < -0.3 is 4.74 Å². The van der Waals surface area contributed by atoms with Crippen LogP contribution < -0.4 is 4.74 Å². The van der Waals surface area contributed by atoms with Crippen molar-refractivity contribution in [3.05, 3.63) is 52.5 Å². The number of hydrogen-bond acceptors (Lipinski definition) is 3. The highest BCUT2D eigenvalue weighted by molar-refractivity contribution is 8.13. The van der Waals surface area contributed by atoms with Gasteiger partial charge in [-0.25, -0.2) is 8.42 Å². The molecule has 0 unspecified atom stereocenters. The molecule has 0 aromatic heterocycles. The van der Waals surface area contributed by atoms with E-state index in [4.69, 9.17) is 38.6 Å². The highest BCUT2D eigenvalue weighted by Crippen LogP contribution is 2.37. The van der Waals surface area contributed by atoms with E-state index in [1.165, 1.54) is 12.1 Å². The summed E-state index contributed by atoms with van der Waals surface area (Å²) < 4.78 is 28.3. The molecule has 2 rings (SSSR count). The van der Waals surface area contributed by atoms with Crippen molar-refractivity contribution in [3.8, 4) is 11.5 Å². The average molecular weight is 338 g/mol. The van der Waals surface area contributed by atoms with Crippen LogP contribution in [0.3, 0.4) is 0 Å². The summed E-state index contributed by atoms with van der Waals surface area (Å²) in [7, 11) is 1.43. The van der Waals surface area contributed by atoms with E-state index in [0.29, 0.717) is 5.02 Å². The van der Waals surface area contributed by atoms with Crippen molar-refractivity contribution in [2.75, 3.05) is 0 Å². The van der Waals surface area contributed by atoms with Crippen molar-refractivity contribution in [3.63, 3.8) is 0 Å². The summed E-state index contributed by atoms with van der Waals surface area (Å²) in [5, 5.41) is 0.510. The first-order valence-electron chi connectivity index (χ1n) is 5.05. The fraction of sp³-hybridized carbons (Fsp3) is 0. The Morgan fingerprint density at radius 3 is 2.21 bits per heavy atom. The zero-order chi connectivity index (χ0) is 14.0. The average Bonchev–Trinajstić information content (AvgIpc) is 2.34. The number of ether oxygens (including phenoxy) is 1. The first kappa shape index (κ1) is 14.5. The molecule has 0 bridgehead atoms. The van der Waals surface area contributed by atoms with Crippen LogP contribution in [0, 0.1) is 0 Å². The Labute approximate surface area is 125 Å². The van der Waals surface area contributed by atoms with Gasteiger partial charge in [0.15, 0.2) is 0 Å². The van der Waals surface area contributed by atoms with E-state index >= 15 is 0 Å². The van der Waals surface area contributed by atoms with E-state index in [2.05, 4.69) is 0 Å². The van der Waals surface area contributed by atoms with Crippen molar-refractivity contribution in [2.45, 2.75) is 4.90 Å². The van der Waals surface area contributed by atoms with Gasteiger partial charge in [-0.1, -0.05) is 41.4 Å². The van der Waals surface area contributed by atoms with Crippen molar-refractivity contribution >= 4 is 42.9 Å². The zero-order valence-electron chi connectivity index (χ0n) is 9.31. The molecule has 0 aliphatic heterocycles. The maximum Gasteiger partial charge on any atom is 0.265 e. The maximum absolute atomic E-state index is 11.4. The third kappa shape index (κ3) is 3.34.